The molecular weight excluding hydrogens is 216 g/mol. The van der Waals surface area contributed by atoms with Crippen LogP contribution < -0.4 is 5.73 Å². The number of β-amino-alcohol motifs (C(OH)–C–C–N with tert-alkyl or cyclic N) is 1. The molecule has 4 nitrogen and oxygen atoms in total. The predicted octanol–water partition coefficient (Wildman–Crippen LogP) is 0.742. The Bertz CT molecular complexity index is 389. The predicted molar refractivity (Wildman–Crippen MR) is 65.5 cm³/mol. The van der Waals surface area contributed by atoms with Gasteiger partial charge in [0.05, 0.1) is 6.10 Å². The summed E-state index contributed by atoms with van der Waals surface area (Å²) < 4.78 is 0. The summed E-state index contributed by atoms with van der Waals surface area (Å²) in [6, 6.07) is 7.33. The number of nitrogens with zero attached hydrogens (tertiary/aromatic N) is 1. The van der Waals surface area contributed by atoms with Gasteiger partial charge in [0.1, 0.15) is 0 Å². The van der Waals surface area contributed by atoms with Gasteiger partial charge in [-0.25, -0.2) is 0 Å². The molecule has 1 fully saturated rings. The Balaban J connectivity index is 2.07. The maximum absolute atomic E-state index is 12.1. The van der Waals surface area contributed by atoms with Crippen LogP contribution in [-0.2, 0) is 6.54 Å². The van der Waals surface area contributed by atoms with E-state index in [0.717, 1.165) is 24.9 Å². The summed E-state index contributed by atoms with van der Waals surface area (Å²) in [5.41, 5.74) is 7.19. The zero-order valence-electron chi connectivity index (χ0n) is 9.80. The molecule has 17 heavy (non-hydrogen) atoms. The maximum atomic E-state index is 12.1. The second-order valence-corrected chi connectivity index (χ2v) is 4.45. The van der Waals surface area contributed by atoms with E-state index in [-0.39, 0.29) is 12.0 Å². The number of hydrogen-bond donors (Lipinski definition) is 2. The standard InChI is InChI=1S/C13H18N2O2/c14-8-10-3-5-11(6-4-10)13(17)15-7-1-2-12(16)9-15/h3-6,12,16H,1-2,7-9,14H2/t12-/m0/s1. The van der Waals surface area contributed by atoms with Crippen LogP contribution in [-0.4, -0.2) is 35.1 Å². The Morgan fingerprint density at radius 2 is 2.12 bits per heavy atom. The topological polar surface area (TPSA) is 66.6 Å². The summed E-state index contributed by atoms with van der Waals surface area (Å²) in [5, 5.41) is 9.55. The minimum Gasteiger partial charge on any atom is -0.391 e. The molecule has 2 rings (SSSR count). The van der Waals surface area contributed by atoms with Crippen LogP contribution in [0.3, 0.4) is 0 Å². The molecule has 92 valence electrons. The minimum absolute atomic E-state index is 0.00711. The molecule has 1 aromatic rings. The number of carbonyl (C=O) groups is 1. The second-order valence-electron chi connectivity index (χ2n) is 4.45. The minimum atomic E-state index is -0.379. The molecule has 0 spiro atoms. The number of aliphatic hydroxyl groups excluding tert-OH is 1. The zero-order valence-corrected chi connectivity index (χ0v) is 9.80. The molecule has 1 amide bonds. The normalized spacial score (nSPS) is 20.4. The van der Waals surface area contributed by atoms with E-state index in [9.17, 15) is 9.90 Å². The number of piperidine rings is 1. The second kappa shape index (κ2) is 5.29. The Kier molecular flexibility index (Phi) is 3.76. The van der Waals surface area contributed by atoms with Crippen molar-refractivity contribution in [3.63, 3.8) is 0 Å². The van der Waals surface area contributed by atoms with E-state index < -0.39 is 0 Å². The largest absolute Gasteiger partial charge is 0.391 e. The molecule has 3 N–H and O–H groups in total. The molecule has 4 heteroatoms. The SMILES string of the molecule is NCc1ccc(C(=O)N2CCC[C@H](O)C2)cc1. The lowest BCUT2D eigenvalue weighted by molar-refractivity contribution is 0.0474. The first-order valence-electron chi connectivity index (χ1n) is 5.97. The van der Waals surface area contributed by atoms with E-state index in [0.29, 0.717) is 18.7 Å². The number of hydrogen-bond acceptors (Lipinski definition) is 3. The molecule has 0 bridgehead atoms. The molecule has 0 saturated carbocycles. The number of aliphatic hydroxyl groups is 1. The van der Waals surface area contributed by atoms with E-state index in [2.05, 4.69) is 0 Å². The lowest BCUT2D eigenvalue weighted by Crippen LogP contribution is -2.42. The Hall–Kier alpha value is -1.39. The van der Waals surface area contributed by atoms with Gasteiger partial charge in [-0.05, 0) is 30.5 Å². The van der Waals surface area contributed by atoms with E-state index in [4.69, 9.17) is 5.73 Å². The van der Waals surface area contributed by atoms with Crippen LogP contribution in [0.5, 0.6) is 0 Å². The molecule has 0 unspecified atom stereocenters. The fraction of sp³-hybridized carbons (Fsp3) is 0.462. The summed E-state index contributed by atoms with van der Waals surface area (Å²) in [6.45, 7) is 1.66. The maximum Gasteiger partial charge on any atom is 0.253 e. The molecule has 1 atom stereocenters. The van der Waals surface area contributed by atoms with Gasteiger partial charge in [-0.3, -0.25) is 4.79 Å². The van der Waals surface area contributed by atoms with Crippen molar-refractivity contribution in [2.45, 2.75) is 25.5 Å². The van der Waals surface area contributed by atoms with Crippen LogP contribution >= 0.6 is 0 Å². The van der Waals surface area contributed by atoms with Crippen LogP contribution in [0.2, 0.25) is 0 Å². The highest BCUT2D eigenvalue weighted by molar-refractivity contribution is 5.94. The van der Waals surface area contributed by atoms with Gasteiger partial charge < -0.3 is 15.7 Å². The van der Waals surface area contributed by atoms with E-state index in [1.54, 1.807) is 17.0 Å². The average Bonchev–Trinajstić information content (AvgIpc) is 2.38. The van der Waals surface area contributed by atoms with E-state index >= 15 is 0 Å². The first-order valence-corrected chi connectivity index (χ1v) is 5.97. The Labute approximate surface area is 101 Å². The summed E-state index contributed by atoms with van der Waals surface area (Å²) in [6.07, 6.45) is 1.28. The highest BCUT2D eigenvalue weighted by Crippen LogP contribution is 2.14. The van der Waals surface area contributed by atoms with Gasteiger partial charge in [0.2, 0.25) is 0 Å². The van der Waals surface area contributed by atoms with Crippen LogP contribution in [0, 0.1) is 0 Å². The molecular formula is C13H18N2O2. The molecule has 0 aliphatic carbocycles. The van der Waals surface area contributed by atoms with Crippen LogP contribution in [0.15, 0.2) is 24.3 Å². The van der Waals surface area contributed by atoms with Gasteiger partial charge in [0.25, 0.3) is 5.91 Å². The lowest BCUT2D eigenvalue weighted by atomic mass is 10.1. The van der Waals surface area contributed by atoms with Crippen molar-refractivity contribution in [1.82, 2.24) is 4.90 Å². The van der Waals surface area contributed by atoms with Crippen molar-refractivity contribution < 1.29 is 9.90 Å². The van der Waals surface area contributed by atoms with Gasteiger partial charge in [-0.2, -0.15) is 0 Å². The van der Waals surface area contributed by atoms with Gasteiger partial charge in [-0.1, -0.05) is 12.1 Å². The number of carbonyl (C=O) groups excluding carboxylic acids is 1. The summed E-state index contributed by atoms with van der Waals surface area (Å²) in [7, 11) is 0. The van der Waals surface area contributed by atoms with Gasteiger partial charge >= 0.3 is 0 Å². The van der Waals surface area contributed by atoms with Gasteiger partial charge in [0, 0.05) is 25.2 Å². The van der Waals surface area contributed by atoms with Crippen molar-refractivity contribution in [3.8, 4) is 0 Å². The van der Waals surface area contributed by atoms with Crippen LogP contribution in [0.25, 0.3) is 0 Å². The lowest BCUT2D eigenvalue weighted by Gasteiger charge is -2.30. The van der Waals surface area contributed by atoms with Gasteiger partial charge in [0.15, 0.2) is 0 Å². The third-order valence-corrected chi connectivity index (χ3v) is 3.12. The molecule has 0 aromatic heterocycles. The molecule has 1 aliphatic rings. The molecule has 1 saturated heterocycles. The Morgan fingerprint density at radius 1 is 1.41 bits per heavy atom. The highest BCUT2D eigenvalue weighted by atomic mass is 16.3. The van der Waals surface area contributed by atoms with Crippen molar-refractivity contribution in [3.05, 3.63) is 35.4 Å². The van der Waals surface area contributed by atoms with E-state index in [1.165, 1.54) is 0 Å². The third kappa shape index (κ3) is 2.84. The summed E-state index contributed by atoms with van der Waals surface area (Å²) in [4.78, 5) is 13.8. The Morgan fingerprint density at radius 3 is 2.71 bits per heavy atom. The summed E-state index contributed by atoms with van der Waals surface area (Å²) >= 11 is 0. The molecule has 0 radical (unpaired) electrons. The van der Waals surface area contributed by atoms with Crippen LogP contribution in [0.4, 0.5) is 0 Å². The van der Waals surface area contributed by atoms with Crippen molar-refractivity contribution >= 4 is 5.91 Å². The first-order chi connectivity index (χ1) is 8.20. The average molecular weight is 234 g/mol. The fourth-order valence-electron chi connectivity index (χ4n) is 2.11. The van der Waals surface area contributed by atoms with Crippen LogP contribution in [0.1, 0.15) is 28.8 Å². The van der Waals surface area contributed by atoms with Crippen molar-refractivity contribution in [1.29, 1.82) is 0 Å². The monoisotopic (exact) mass is 234 g/mol. The fourth-order valence-corrected chi connectivity index (χ4v) is 2.11. The molecule has 1 aliphatic heterocycles. The quantitative estimate of drug-likeness (QED) is 0.793. The number of nitrogens with two attached hydrogens (primary N) is 1. The number of likely N-dealkylation sites (tertiary alicyclic amines) is 1. The van der Waals surface area contributed by atoms with Gasteiger partial charge in [-0.15, -0.1) is 0 Å². The smallest absolute Gasteiger partial charge is 0.253 e. The third-order valence-electron chi connectivity index (χ3n) is 3.12. The molecule has 1 aromatic carbocycles. The number of amides is 1. The van der Waals surface area contributed by atoms with Crippen molar-refractivity contribution in [2.75, 3.05) is 13.1 Å². The zero-order chi connectivity index (χ0) is 12.3. The molecule has 1 heterocycles. The number of rotatable bonds is 2. The summed E-state index contributed by atoms with van der Waals surface area (Å²) in [5.74, 6) is -0.00711. The number of benzene rings is 1. The van der Waals surface area contributed by atoms with Crippen molar-refractivity contribution in [2.24, 2.45) is 5.73 Å². The highest BCUT2D eigenvalue weighted by Gasteiger charge is 2.22. The van der Waals surface area contributed by atoms with E-state index in [1.807, 2.05) is 12.1 Å². The first kappa shape index (κ1) is 12.1.